The molecule has 0 spiro atoms. The Morgan fingerprint density at radius 3 is 1.06 bits per heavy atom. The van der Waals surface area contributed by atoms with Gasteiger partial charge >= 0.3 is 0 Å². The molecule has 0 saturated carbocycles. The number of aromatic nitrogens is 2. The molecular formula is C76H86F2N2O4. The van der Waals surface area contributed by atoms with Gasteiger partial charge in [-0.2, -0.15) is 0 Å². The molecule has 2 heterocycles. The molecular weight excluding hydrogens is 1040 g/mol. The third kappa shape index (κ3) is 12.5. The summed E-state index contributed by atoms with van der Waals surface area (Å²) in [6.07, 6.45) is 17.5. The van der Waals surface area contributed by atoms with Crippen molar-refractivity contribution in [1.29, 1.82) is 0 Å². The largest absolute Gasteiger partial charge is 0.711 e. The van der Waals surface area contributed by atoms with Crippen LogP contribution in [0.25, 0.3) is 77.2 Å². The molecule has 10 aromatic rings. The molecule has 0 bridgehead atoms. The van der Waals surface area contributed by atoms with Gasteiger partial charge in [-0.05, 0) is 122 Å². The average Bonchev–Trinajstić information content (AvgIpc) is 1.88. The quantitative estimate of drug-likeness (QED) is 0.0306. The summed E-state index contributed by atoms with van der Waals surface area (Å²) in [6, 6.07) is 50.9. The van der Waals surface area contributed by atoms with Gasteiger partial charge in [0.2, 0.25) is 11.5 Å². The topological polar surface area (TPSA) is 55.7 Å². The van der Waals surface area contributed by atoms with Crippen molar-refractivity contribution < 1.29 is 27.7 Å². The molecule has 0 aliphatic heterocycles. The number of benzene rings is 8. The predicted octanol–water partition coefficient (Wildman–Crippen LogP) is 22.6. The number of halogens is 2. The molecule has 0 atom stereocenters. The number of hydrogen-bond acceptors (Lipinski definition) is 2. The maximum atomic E-state index is 15.8. The summed E-state index contributed by atoms with van der Waals surface area (Å²) >= 11 is 0. The lowest BCUT2D eigenvalue weighted by Crippen LogP contribution is -2.18. The van der Waals surface area contributed by atoms with Crippen LogP contribution in [0.2, 0.25) is 0 Å². The lowest BCUT2D eigenvalue weighted by Gasteiger charge is -2.32. The Bertz CT molecular complexity index is 3540. The van der Waals surface area contributed by atoms with Gasteiger partial charge in [-0.1, -0.05) is 191 Å². The summed E-state index contributed by atoms with van der Waals surface area (Å²) in [6.45, 7) is 14.4. The van der Waals surface area contributed by atoms with Gasteiger partial charge in [-0.3, -0.25) is 0 Å². The first-order valence-corrected chi connectivity index (χ1v) is 30.9. The van der Waals surface area contributed by atoms with Gasteiger partial charge in [0.25, 0.3) is 0 Å². The Kier molecular flexibility index (Phi) is 18.5. The van der Waals surface area contributed by atoms with Crippen LogP contribution in [0.15, 0.2) is 158 Å². The van der Waals surface area contributed by atoms with Gasteiger partial charge in [0.1, 0.15) is 36.3 Å². The van der Waals surface area contributed by atoms with E-state index in [0.29, 0.717) is 71.2 Å². The van der Waals surface area contributed by atoms with Gasteiger partial charge in [-0.25, -0.2) is 8.78 Å². The van der Waals surface area contributed by atoms with E-state index in [2.05, 4.69) is 146 Å². The van der Waals surface area contributed by atoms with Crippen molar-refractivity contribution in [3.8, 4) is 56.6 Å². The van der Waals surface area contributed by atoms with E-state index < -0.39 is 11.6 Å². The van der Waals surface area contributed by atoms with E-state index in [1.54, 1.807) is 12.1 Å². The van der Waals surface area contributed by atoms with Crippen LogP contribution in [0.3, 0.4) is 0 Å². The molecule has 2 aromatic heterocycles. The van der Waals surface area contributed by atoms with Gasteiger partial charge in [0, 0.05) is 57.6 Å². The third-order valence-corrected chi connectivity index (χ3v) is 17.8. The Hall–Kier alpha value is -7.58. The molecule has 0 saturated heterocycles. The van der Waals surface area contributed by atoms with Gasteiger partial charge < -0.3 is 28.1 Å². The normalized spacial score (nSPS) is 12.2. The number of nitrogens with zero attached hydrogens (tertiary/aromatic N) is 2. The van der Waals surface area contributed by atoms with Gasteiger partial charge in [0.15, 0.2) is 0 Å². The lowest BCUT2D eigenvalue weighted by atomic mass is 9.78. The lowest BCUT2D eigenvalue weighted by molar-refractivity contribution is 0.00535. The molecule has 0 aliphatic carbocycles. The Morgan fingerprint density at radius 1 is 0.393 bits per heavy atom. The van der Waals surface area contributed by atoms with Crippen molar-refractivity contribution in [2.75, 3.05) is 13.2 Å². The van der Waals surface area contributed by atoms with Crippen LogP contribution < -0.4 is 0 Å². The zero-order chi connectivity index (χ0) is 59.1. The summed E-state index contributed by atoms with van der Waals surface area (Å²) in [7, 11) is 8.92. The molecule has 0 amide bonds. The zero-order valence-electron chi connectivity index (χ0n) is 50.5. The van der Waals surface area contributed by atoms with Crippen molar-refractivity contribution in [2.45, 2.75) is 155 Å². The number of phenols is 2. The molecule has 0 fully saturated rings. The van der Waals surface area contributed by atoms with E-state index in [0.717, 1.165) is 93.3 Å². The number of hydrogen-bond donors (Lipinski definition) is 2. The smallest absolute Gasteiger partial charge is 0.234 e. The zero-order valence-corrected chi connectivity index (χ0v) is 50.5. The molecule has 0 radical (unpaired) electrons. The van der Waals surface area contributed by atoms with Crippen LogP contribution in [-0.2, 0) is 19.6 Å². The number of aromatic hydroxyl groups is 2. The fourth-order valence-electron chi connectivity index (χ4n) is 12.8. The maximum absolute atomic E-state index is 15.8. The standard InChI is InChI=1S/C76H86F2N2O4/c1-9-11-13-15-17-27-43-75(3,4)53-47-63(73(81)69(49-53)79-65-35-23-19-31-57(65)58-32-20-24-36-66(58)79)61-51-55(77)39-41-71(61)83(7)45-29-30-46-84(8)72-42-40-56(78)52-62(72)64-48-54(76(5,6)44-28-18-16-14-12-10-2)50-70(74(64)82)80-67-37-25-21-33-59(67)60-34-22-26-38-68(60)80/h19-26,31-42,47-52,81-82H,7-18,27-30,43-46H2,1-6H3. The molecule has 8 heteroatoms. The van der Waals surface area contributed by atoms with Crippen LogP contribution in [-0.4, -0.2) is 32.6 Å². The molecule has 0 unspecified atom stereocenters. The van der Waals surface area contributed by atoms with Crippen molar-refractivity contribution in [3.05, 3.63) is 195 Å². The van der Waals surface area contributed by atoms with Gasteiger partial charge in [0.05, 0.1) is 44.6 Å². The van der Waals surface area contributed by atoms with E-state index in [4.69, 9.17) is 0 Å². The fourth-order valence-corrected chi connectivity index (χ4v) is 12.8. The van der Waals surface area contributed by atoms with E-state index >= 15 is 8.78 Å². The predicted molar refractivity (Wildman–Crippen MR) is 348 cm³/mol. The summed E-state index contributed by atoms with van der Waals surface area (Å²) < 4.78 is 41.9. The number of fused-ring (bicyclic) bond motifs is 6. The van der Waals surface area contributed by atoms with Crippen molar-refractivity contribution in [1.82, 2.24) is 9.13 Å². The van der Waals surface area contributed by atoms with Crippen molar-refractivity contribution in [3.63, 3.8) is 0 Å². The summed E-state index contributed by atoms with van der Waals surface area (Å²) in [5.74, 6) is 0.494. The highest BCUT2D eigenvalue weighted by molar-refractivity contribution is 6.10. The van der Waals surface area contributed by atoms with E-state index in [1.165, 1.54) is 75.6 Å². The van der Waals surface area contributed by atoms with E-state index in [-0.39, 0.29) is 22.3 Å². The second-order valence-electron chi connectivity index (χ2n) is 24.7. The highest BCUT2D eigenvalue weighted by Crippen LogP contribution is 2.50. The maximum Gasteiger partial charge on any atom is 0.234 e. The molecule has 2 N–H and O–H groups in total. The SMILES string of the molecule is [CH2-][O+](CCCC[O+]([CH2-])c1ccc(F)cc1-c1cc(C(C)(C)CCCCCCCC)cc(-n2c3ccccc3c3ccccc32)c1O)c1ccc(F)cc1-c1cc(C(C)(C)CCCCCCCC)cc(-n2c3ccccc3c3ccccc32)c1O. The van der Waals surface area contributed by atoms with Crippen LogP contribution in [0.1, 0.15) is 155 Å². The van der Waals surface area contributed by atoms with E-state index in [9.17, 15) is 10.2 Å². The monoisotopic (exact) mass is 1130 g/mol. The second-order valence-corrected chi connectivity index (χ2v) is 24.7. The molecule has 438 valence electrons. The Morgan fingerprint density at radius 2 is 0.714 bits per heavy atom. The first-order chi connectivity index (χ1) is 40.6. The number of rotatable bonds is 27. The van der Waals surface area contributed by atoms with Crippen LogP contribution in [0, 0.1) is 25.9 Å². The summed E-state index contributed by atoms with van der Waals surface area (Å²) in [4.78, 5) is 0. The summed E-state index contributed by atoms with van der Waals surface area (Å²) in [5, 5.41) is 29.9. The minimum atomic E-state index is -0.420. The van der Waals surface area contributed by atoms with Crippen molar-refractivity contribution in [2.24, 2.45) is 0 Å². The Labute approximate surface area is 497 Å². The van der Waals surface area contributed by atoms with Crippen LogP contribution in [0.4, 0.5) is 8.78 Å². The van der Waals surface area contributed by atoms with Crippen molar-refractivity contribution >= 4 is 43.6 Å². The van der Waals surface area contributed by atoms with E-state index in [1.807, 2.05) is 48.5 Å². The highest BCUT2D eigenvalue weighted by Gasteiger charge is 2.30. The second kappa shape index (κ2) is 26.1. The molecule has 10 rings (SSSR count). The third-order valence-electron chi connectivity index (χ3n) is 17.8. The average molecular weight is 1130 g/mol. The Balaban J connectivity index is 0.952. The highest BCUT2D eigenvalue weighted by atomic mass is 19.1. The number of phenolic OH excluding ortho intramolecular Hbond substituents is 2. The molecule has 84 heavy (non-hydrogen) atoms. The summed E-state index contributed by atoms with van der Waals surface area (Å²) in [5.41, 5.74) is 8.84. The fraction of sp³-hybridized carbons (Fsp3) is 0.342. The number of para-hydroxylation sites is 4. The van der Waals surface area contributed by atoms with Gasteiger partial charge in [-0.15, -0.1) is 0 Å². The van der Waals surface area contributed by atoms with Crippen LogP contribution >= 0.6 is 0 Å². The molecule has 0 aliphatic rings. The molecule has 8 aromatic carbocycles. The van der Waals surface area contributed by atoms with Crippen LogP contribution in [0.5, 0.6) is 23.0 Å². The molecule has 6 nitrogen and oxygen atoms in total. The first kappa shape index (κ1) is 59.6. The first-order valence-electron chi connectivity index (χ1n) is 30.9. The minimum absolute atomic E-state index is 0.0563. The number of unbranched alkanes of at least 4 members (excludes halogenated alkanes) is 11. The minimum Gasteiger partial charge on any atom is -0.711 e.